The summed E-state index contributed by atoms with van der Waals surface area (Å²) in [6.07, 6.45) is 3.44. The van der Waals surface area contributed by atoms with Crippen LogP contribution in [0.2, 0.25) is 0 Å². The minimum absolute atomic E-state index is 0.303. The van der Waals surface area contributed by atoms with Gasteiger partial charge in [0.05, 0.1) is 11.1 Å². The molecule has 31 heavy (non-hydrogen) atoms. The van der Waals surface area contributed by atoms with Crippen molar-refractivity contribution in [1.29, 1.82) is 0 Å². The van der Waals surface area contributed by atoms with Gasteiger partial charge in [0.15, 0.2) is 11.5 Å². The number of hydrogen-bond donors (Lipinski definition) is 0. The summed E-state index contributed by atoms with van der Waals surface area (Å²) >= 11 is 0. The van der Waals surface area contributed by atoms with Crippen molar-refractivity contribution in [2.24, 2.45) is 0 Å². The molecule has 2 unspecified atom stereocenters. The van der Waals surface area contributed by atoms with E-state index in [0.717, 1.165) is 30.4 Å². The zero-order valence-electron chi connectivity index (χ0n) is 17.7. The number of fused-ring (bicyclic) bond motifs is 5. The van der Waals surface area contributed by atoms with E-state index in [4.69, 9.17) is 9.47 Å². The Morgan fingerprint density at radius 3 is 1.45 bits per heavy atom. The molecule has 0 amide bonds. The second-order valence-electron chi connectivity index (χ2n) is 8.65. The molecule has 5 rings (SSSR count). The SMILES string of the molecule is Cc1ccc(C(=O)Oc2cc3c(cc2OC(=O)c2ccc(C)cc2)C2CCC3C2)cc1. The topological polar surface area (TPSA) is 52.6 Å². The van der Waals surface area contributed by atoms with Gasteiger partial charge < -0.3 is 9.47 Å². The van der Waals surface area contributed by atoms with Crippen LogP contribution in [0.25, 0.3) is 0 Å². The number of carbonyl (C=O) groups is 2. The number of hydrogen-bond acceptors (Lipinski definition) is 4. The monoisotopic (exact) mass is 412 g/mol. The number of ether oxygens (including phenoxy) is 2. The Labute approximate surface area is 181 Å². The van der Waals surface area contributed by atoms with E-state index in [1.165, 1.54) is 11.1 Å². The minimum Gasteiger partial charge on any atom is -0.419 e. The van der Waals surface area contributed by atoms with E-state index in [1.54, 1.807) is 24.3 Å². The van der Waals surface area contributed by atoms with Gasteiger partial charge in [0, 0.05) is 0 Å². The third-order valence-electron chi connectivity index (χ3n) is 6.44. The number of rotatable bonds is 4. The van der Waals surface area contributed by atoms with E-state index >= 15 is 0 Å². The number of esters is 2. The van der Waals surface area contributed by atoms with Crippen LogP contribution in [0.3, 0.4) is 0 Å². The molecular weight excluding hydrogens is 388 g/mol. The first-order valence-corrected chi connectivity index (χ1v) is 10.7. The predicted molar refractivity (Wildman–Crippen MR) is 118 cm³/mol. The van der Waals surface area contributed by atoms with Gasteiger partial charge in [-0.2, -0.15) is 0 Å². The molecule has 3 aromatic rings. The summed E-state index contributed by atoms with van der Waals surface area (Å²) in [7, 11) is 0. The fraction of sp³-hybridized carbons (Fsp3) is 0.259. The van der Waals surface area contributed by atoms with Gasteiger partial charge in [0.2, 0.25) is 0 Å². The first-order valence-electron chi connectivity index (χ1n) is 10.7. The van der Waals surface area contributed by atoms with Gasteiger partial charge in [-0.1, -0.05) is 35.4 Å². The van der Waals surface area contributed by atoms with Crippen molar-refractivity contribution in [3.63, 3.8) is 0 Å². The van der Waals surface area contributed by atoms with E-state index in [0.29, 0.717) is 34.5 Å². The van der Waals surface area contributed by atoms with Crippen molar-refractivity contribution in [2.75, 3.05) is 0 Å². The van der Waals surface area contributed by atoms with Crippen molar-refractivity contribution >= 4 is 11.9 Å². The maximum Gasteiger partial charge on any atom is 0.343 e. The summed E-state index contributed by atoms with van der Waals surface area (Å²) in [6, 6.07) is 18.3. The maximum absolute atomic E-state index is 12.8. The lowest BCUT2D eigenvalue weighted by atomic mass is 9.91. The molecular formula is C27H24O4. The van der Waals surface area contributed by atoms with Gasteiger partial charge in [0.1, 0.15) is 0 Å². The number of benzene rings is 3. The smallest absolute Gasteiger partial charge is 0.343 e. The Bertz CT molecular complexity index is 1070. The van der Waals surface area contributed by atoms with E-state index in [2.05, 4.69) is 0 Å². The van der Waals surface area contributed by atoms with Crippen molar-refractivity contribution in [2.45, 2.75) is 44.9 Å². The van der Waals surface area contributed by atoms with E-state index < -0.39 is 11.9 Å². The van der Waals surface area contributed by atoms with Crippen LogP contribution in [0.1, 0.15) is 74.1 Å². The lowest BCUT2D eigenvalue weighted by Gasteiger charge is -2.19. The lowest BCUT2D eigenvalue weighted by molar-refractivity contribution is 0.0682. The van der Waals surface area contributed by atoms with Gasteiger partial charge >= 0.3 is 11.9 Å². The molecule has 156 valence electrons. The third-order valence-corrected chi connectivity index (χ3v) is 6.44. The molecule has 2 atom stereocenters. The molecule has 0 N–H and O–H groups in total. The number of aryl methyl sites for hydroxylation is 2. The first-order chi connectivity index (χ1) is 15.0. The maximum atomic E-state index is 12.8. The average molecular weight is 412 g/mol. The Morgan fingerprint density at radius 1 is 0.677 bits per heavy atom. The van der Waals surface area contributed by atoms with Crippen LogP contribution >= 0.6 is 0 Å². The van der Waals surface area contributed by atoms with Gasteiger partial charge in [0.25, 0.3) is 0 Å². The molecule has 0 radical (unpaired) electrons. The summed E-state index contributed by atoms with van der Waals surface area (Å²) in [6.45, 7) is 3.93. The molecule has 0 aromatic heterocycles. The molecule has 0 saturated heterocycles. The van der Waals surface area contributed by atoms with Crippen molar-refractivity contribution in [3.05, 3.63) is 94.0 Å². The Kier molecular flexibility index (Phi) is 4.85. The second kappa shape index (κ2) is 7.69. The highest BCUT2D eigenvalue weighted by Crippen LogP contribution is 2.55. The summed E-state index contributed by atoms with van der Waals surface area (Å²) in [5.41, 5.74) is 5.50. The quantitative estimate of drug-likeness (QED) is 0.383. The zero-order chi connectivity index (χ0) is 21.5. The molecule has 4 nitrogen and oxygen atoms in total. The molecule has 0 heterocycles. The predicted octanol–water partition coefficient (Wildman–Crippen LogP) is 6.11. The van der Waals surface area contributed by atoms with Gasteiger partial charge in [-0.15, -0.1) is 0 Å². The Balaban J connectivity index is 1.47. The van der Waals surface area contributed by atoms with Gasteiger partial charge in [-0.05, 0) is 92.5 Å². The molecule has 2 aliphatic rings. The van der Waals surface area contributed by atoms with Crippen LogP contribution in [0.4, 0.5) is 0 Å². The molecule has 1 saturated carbocycles. The molecule has 2 aliphatic carbocycles. The summed E-state index contributed by atoms with van der Waals surface area (Å²) in [4.78, 5) is 25.5. The normalized spacial score (nSPS) is 18.5. The van der Waals surface area contributed by atoms with Crippen molar-refractivity contribution < 1.29 is 19.1 Å². The Morgan fingerprint density at radius 2 is 1.06 bits per heavy atom. The molecule has 0 spiro atoms. The molecule has 0 aliphatic heterocycles. The molecule has 4 heteroatoms. The zero-order valence-corrected chi connectivity index (χ0v) is 17.7. The molecule has 1 fully saturated rings. The highest BCUT2D eigenvalue weighted by Gasteiger charge is 2.38. The average Bonchev–Trinajstić information content (AvgIpc) is 3.37. The third kappa shape index (κ3) is 3.74. The van der Waals surface area contributed by atoms with Crippen molar-refractivity contribution in [1.82, 2.24) is 0 Å². The van der Waals surface area contributed by atoms with E-state index in [9.17, 15) is 9.59 Å². The van der Waals surface area contributed by atoms with Crippen LogP contribution in [-0.2, 0) is 0 Å². The van der Waals surface area contributed by atoms with Crippen LogP contribution in [0.5, 0.6) is 11.5 Å². The van der Waals surface area contributed by atoms with E-state index in [1.807, 2.05) is 50.2 Å². The summed E-state index contributed by atoms with van der Waals surface area (Å²) < 4.78 is 11.5. The van der Waals surface area contributed by atoms with Crippen LogP contribution < -0.4 is 9.47 Å². The van der Waals surface area contributed by atoms with Crippen LogP contribution in [0, 0.1) is 13.8 Å². The standard InChI is InChI=1S/C27H24O4/c1-16-3-7-18(8-4-16)26(28)30-24-14-22-20-11-12-21(13-20)23(22)15-25(24)31-27(29)19-9-5-17(2)6-10-19/h3-10,14-15,20-21H,11-13H2,1-2H3. The first kappa shape index (κ1) is 19.6. The van der Waals surface area contributed by atoms with Gasteiger partial charge in [-0.3, -0.25) is 0 Å². The van der Waals surface area contributed by atoms with Gasteiger partial charge in [-0.25, -0.2) is 9.59 Å². The number of carbonyl (C=O) groups excluding carboxylic acids is 2. The fourth-order valence-electron chi connectivity index (χ4n) is 4.70. The summed E-state index contributed by atoms with van der Waals surface area (Å²) in [5.74, 6) is 0.679. The van der Waals surface area contributed by atoms with E-state index in [-0.39, 0.29) is 0 Å². The van der Waals surface area contributed by atoms with Crippen LogP contribution in [-0.4, -0.2) is 11.9 Å². The molecule has 3 aromatic carbocycles. The van der Waals surface area contributed by atoms with Crippen molar-refractivity contribution in [3.8, 4) is 11.5 Å². The van der Waals surface area contributed by atoms with Crippen LogP contribution in [0.15, 0.2) is 60.7 Å². The summed E-state index contributed by atoms with van der Waals surface area (Å²) in [5, 5.41) is 0. The second-order valence-corrected chi connectivity index (χ2v) is 8.65. The largest absolute Gasteiger partial charge is 0.419 e. The molecule has 2 bridgehead atoms. The fourth-order valence-corrected chi connectivity index (χ4v) is 4.70. The highest BCUT2D eigenvalue weighted by molar-refractivity contribution is 5.93. The minimum atomic E-state index is -0.462. The highest BCUT2D eigenvalue weighted by atomic mass is 16.6. The Hall–Kier alpha value is -3.40. The lowest BCUT2D eigenvalue weighted by Crippen LogP contribution is -2.14.